The molecule has 1 aromatic carbocycles. The zero-order valence-corrected chi connectivity index (χ0v) is 12.3. The summed E-state index contributed by atoms with van der Waals surface area (Å²) >= 11 is 0. The Kier molecular flexibility index (Phi) is 5.04. The fraction of sp³-hybridized carbons (Fsp3) is 0.294. The molecule has 0 heterocycles. The van der Waals surface area contributed by atoms with Crippen LogP contribution in [-0.2, 0) is 4.79 Å². The van der Waals surface area contributed by atoms with Gasteiger partial charge >= 0.3 is 0 Å². The van der Waals surface area contributed by atoms with Crippen LogP contribution in [0.4, 0.5) is 4.39 Å². The number of benzene rings is 1. The second kappa shape index (κ2) is 6.97. The first-order valence-corrected chi connectivity index (χ1v) is 6.97. The van der Waals surface area contributed by atoms with Gasteiger partial charge < -0.3 is 5.01 Å². The van der Waals surface area contributed by atoms with Crippen molar-refractivity contribution >= 4 is 18.1 Å². The van der Waals surface area contributed by atoms with Crippen molar-refractivity contribution in [2.45, 2.75) is 19.3 Å². The zero-order chi connectivity index (χ0) is 15.2. The average Bonchev–Trinajstić information content (AvgIpc) is 2.45. The van der Waals surface area contributed by atoms with E-state index in [2.05, 4.69) is 5.10 Å². The normalized spacial score (nSPS) is 19.7. The predicted octanol–water partition coefficient (Wildman–Crippen LogP) is 3.44. The summed E-state index contributed by atoms with van der Waals surface area (Å²) < 4.78 is 12.9. The van der Waals surface area contributed by atoms with Crippen LogP contribution >= 0.6 is 0 Å². The van der Waals surface area contributed by atoms with E-state index in [9.17, 15) is 9.18 Å². The van der Waals surface area contributed by atoms with E-state index in [0.717, 1.165) is 36.0 Å². The van der Waals surface area contributed by atoms with E-state index in [-0.39, 0.29) is 11.6 Å². The Morgan fingerprint density at radius 3 is 2.48 bits per heavy atom. The molecule has 0 amide bonds. The van der Waals surface area contributed by atoms with Gasteiger partial charge in [0, 0.05) is 31.5 Å². The molecular formula is C17H19FN2O. The van der Waals surface area contributed by atoms with Crippen LogP contribution in [0, 0.1) is 5.82 Å². The van der Waals surface area contributed by atoms with Crippen LogP contribution in [0.5, 0.6) is 0 Å². The van der Waals surface area contributed by atoms with E-state index < -0.39 is 0 Å². The Bertz CT molecular complexity index is 598. The van der Waals surface area contributed by atoms with Crippen molar-refractivity contribution in [1.29, 1.82) is 0 Å². The monoisotopic (exact) mass is 286 g/mol. The summed E-state index contributed by atoms with van der Waals surface area (Å²) in [6.45, 7) is 0. The summed E-state index contributed by atoms with van der Waals surface area (Å²) in [5.41, 5.74) is 2.40. The molecule has 0 unspecified atom stereocenters. The van der Waals surface area contributed by atoms with Crippen LogP contribution in [0.2, 0.25) is 0 Å². The van der Waals surface area contributed by atoms with Crippen molar-refractivity contribution in [2.24, 2.45) is 5.10 Å². The summed E-state index contributed by atoms with van der Waals surface area (Å²) in [5.74, 6) is -0.205. The third-order valence-corrected chi connectivity index (χ3v) is 3.26. The van der Waals surface area contributed by atoms with Gasteiger partial charge in [-0.25, -0.2) is 4.39 Å². The molecule has 0 spiro atoms. The SMILES string of the molecule is CN(C)/N=C/C=C1\CCC/C(=C\c2ccc(F)cc2)C1=O. The number of rotatable bonds is 3. The number of Topliss-reactive ketones (excluding diaryl/α,β-unsaturated/α-hetero) is 1. The van der Waals surface area contributed by atoms with Gasteiger partial charge in [-0.05, 0) is 49.1 Å². The predicted molar refractivity (Wildman–Crippen MR) is 83.5 cm³/mol. The Hall–Kier alpha value is -2.23. The molecule has 0 N–H and O–H groups in total. The summed E-state index contributed by atoms with van der Waals surface area (Å²) in [5, 5.41) is 5.77. The van der Waals surface area contributed by atoms with Gasteiger partial charge in [0.05, 0.1) is 0 Å². The first-order chi connectivity index (χ1) is 10.1. The number of hydrogen-bond donors (Lipinski definition) is 0. The summed E-state index contributed by atoms with van der Waals surface area (Å²) in [6, 6.07) is 6.17. The number of halogens is 1. The van der Waals surface area contributed by atoms with E-state index in [1.54, 1.807) is 29.4 Å². The number of allylic oxidation sites excluding steroid dienone is 3. The molecule has 0 aromatic heterocycles. The molecule has 4 heteroatoms. The van der Waals surface area contributed by atoms with Crippen LogP contribution in [0.25, 0.3) is 6.08 Å². The van der Waals surface area contributed by atoms with E-state index in [0.29, 0.717) is 0 Å². The zero-order valence-electron chi connectivity index (χ0n) is 12.3. The Morgan fingerprint density at radius 1 is 1.14 bits per heavy atom. The molecule has 1 aliphatic carbocycles. The third-order valence-electron chi connectivity index (χ3n) is 3.26. The van der Waals surface area contributed by atoms with Gasteiger partial charge in [-0.2, -0.15) is 5.10 Å². The molecular weight excluding hydrogens is 267 g/mol. The summed E-state index contributed by atoms with van der Waals surface area (Å²) in [4.78, 5) is 12.4. The molecule has 1 fully saturated rings. The lowest BCUT2D eigenvalue weighted by atomic mass is 9.87. The quantitative estimate of drug-likeness (QED) is 0.484. The lowest BCUT2D eigenvalue weighted by Gasteiger charge is -2.16. The van der Waals surface area contributed by atoms with E-state index in [1.165, 1.54) is 12.1 Å². The second-order valence-corrected chi connectivity index (χ2v) is 5.21. The Labute approximate surface area is 124 Å². The fourth-order valence-corrected chi connectivity index (χ4v) is 2.22. The fourth-order valence-electron chi connectivity index (χ4n) is 2.22. The smallest absolute Gasteiger partial charge is 0.185 e. The summed E-state index contributed by atoms with van der Waals surface area (Å²) in [7, 11) is 3.66. The highest BCUT2D eigenvalue weighted by atomic mass is 19.1. The molecule has 0 bridgehead atoms. The van der Waals surface area contributed by atoms with Gasteiger partial charge in [0.2, 0.25) is 0 Å². The molecule has 0 radical (unpaired) electrons. The van der Waals surface area contributed by atoms with E-state index in [1.807, 2.05) is 20.2 Å². The van der Waals surface area contributed by atoms with E-state index >= 15 is 0 Å². The Balaban J connectivity index is 2.18. The maximum atomic E-state index is 12.9. The van der Waals surface area contributed by atoms with Gasteiger partial charge in [-0.3, -0.25) is 4.79 Å². The van der Waals surface area contributed by atoms with Crippen molar-refractivity contribution < 1.29 is 9.18 Å². The molecule has 0 saturated heterocycles. The largest absolute Gasteiger partial charge is 0.303 e. The highest BCUT2D eigenvalue weighted by Crippen LogP contribution is 2.26. The lowest BCUT2D eigenvalue weighted by Crippen LogP contribution is -2.12. The standard InChI is InChI=1S/C17H19FN2O/c1-20(2)19-11-10-14-4-3-5-15(17(14)21)12-13-6-8-16(18)9-7-13/h6-12H,3-5H2,1-2H3/b14-10+,15-12+,19-11+. The number of hydrogen-bond acceptors (Lipinski definition) is 3. The minimum Gasteiger partial charge on any atom is -0.303 e. The maximum absolute atomic E-state index is 12.9. The highest BCUT2D eigenvalue weighted by Gasteiger charge is 2.19. The van der Waals surface area contributed by atoms with Gasteiger partial charge in [0.15, 0.2) is 5.78 Å². The molecule has 1 aliphatic rings. The van der Waals surface area contributed by atoms with Gasteiger partial charge in [-0.1, -0.05) is 12.1 Å². The minimum atomic E-state index is -0.271. The number of carbonyl (C=O) groups excluding carboxylic acids is 1. The molecule has 3 nitrogen and oxygen atoms in total. The van der Waals surface area contributed by atoms with E-state index in [4.69, 9.17) is 0 Å². The molecule has 0 aliphatic heterocycles. The first kappa shape index (κ1) is 15.2. The number of nitrogens with zero attached hydrogens (tertiary/aromatic N) is 2. The van der Waals surface area contributed by atoms with Crippen LogP contribution in [0.1, 0.15) is 24.8 Å². The van der Waals surface area contributed by atoms with Crippen LogP contribution < -0.4 is 0 Å². The van der Waals surface area contributed by atoms with Gasteiger partial charge in [0.25, 0.3) is 0 Å². The van der Waals surface area contributed by atoms with Gasteiger partial charge in [-0.15, -0.1) is 0 Å². The minimum absolute atomic E-state index is 0.0655. The third kappa shape index (κ3) is 4.38. The molecule has 110 valence electrons. The van der Waals surface area contributed by atoms with Crippen molar-refractivity contribution in [3.05, 3.63) is 52.9 Å². The molecule has 1 saturated carbocycles. The highest BCUT2D eigenvalue weighted by molar-refractivity contribution is 6.13. The molecule has 1 aromatic rings. The molecule has 21 heavy (non-hydrogen) atoms. The van der Waals surface area contributed by atoms with Gasteiger partial charge in [0.1, 0.15) is 5.82 Å². The Morgan fingerprint density at radius 2 is 1.81 bits per heavy atom. The topological polar surface area (TPSA) is 32.7 Å². The number of carbonyl (C=O) groups is 1. The van der Waals surface area contributed by atoms with Crippen molar-refractivity contribution in [3.63, 3.8) is 0 Å². The van der Waals surface area contributed by atoms with Crippen LogP contribution in [0.15, 0.2) is 46.6 Å². The number of hydrazone groups is 1. The first-order valence-electron chi connectivity index (χ1n) is 6.97. The number of ketones is 1. The van der Waals surface area contributed by atoms with Crippen molar-refractivity contribution in [1.82, 2.24) is 5.01 Å². The summed E-state index contributed by atoms with van der Waals surface area (Å²) in [6.07, 6.45) is 7.75. The maximum Gasteiger partial charge on any atom is 0.185 e. The lowest BCUT2D eigenvalue weighted by molar-refractivity contribution is -0.112. The van der Waals surface area contributed by atoms with Crippen LogP contribution in [0.3, 0.4) is 0 Å². The average molecular weight is 286 g/mol. The molecule has 2 rings (SSSR count). The van der Waals surface area contributed by atoms with Crippen LogP contribution in [-0.4, -0.2) is 31.1 Å². The van der Waals surface area contributed by atoms with Crippen molar-refractivity contribution in [2.75, 3.05) is 14.1 Å². The molecule has 0 atom stereocenters. The van der Waals surface area contributed by atoms with Crippen molar-refractivity contribution in [3.8, 4) is 0 Å². The second-order valence-electron chi connectivity index (χ2n) is 5.21.